The van der Waals surface area contributed by atoms with Gasteiger partial charge in [0.1, 0.15) is 17.8 Å². The molecule has 0 saturated heterocycles. The van der Waals surface area contributed by atoms with Gasteiger partial charge < -0.3 is 37.6 Å². The fourth-order valence-electron chi connectivity index (χ4n) is 3.35. The van der Waals surface area contributed by atoms with Crippen LogP contribution in [-0.4, -0.2) is 58.6 Å². The number of benzene rings is 2. The molecule has 2 rings (SSSR count). The molecule has 11 heteroatoms. The van der Waals surface area contributed by atoms with E-state index < -0.39 is 35.9 Å². The van der Waals surface area contributed by atoms with Gasteiger partial charge in [0, 0.05) is 19.4 Å². The zero-order valence-corrected chi connectivity index (χ0v) is 19.2. The lowest BCUT2D eigenvalue weighted by molar-refractivity contribution is -0.142. The molecular weight excluding hydrogens is 452 g/mol. The van der Waals surface area contributed by atoms with Gasteiger partial charge in [-0.1, -0.05) is 42.5 Å². The van der Waals surface area contributed by atoms with Crippen molar-refractivity contribution in [1.82, 2.24) is 16.0 Å². The maximum Gasteiger partial charge on any atom is 0.326 e. The molecule has 11 nitrogen and oxygen atoms in total. The number of phenolic OH excluding ortho intramolecular Hbond substituents is 1. The highest BCUT2D eigenvalue weighted by Gasteiger charge is 2.28. The van der Waals surface area contributed by atoms with Crippen LogP contribution in [0.2, 0.25) is 0 Å². The maximum absolute atomic E-state index is 13.1. The third-order valence-electron chi connectivity index (χ3n) is 5.25. The van der Waals surface area contributed by atoms with Gasteiger partial charge in [-0.05, 0) is 36.1 Å². The lowest BCUT2D eigenvalue weighted by Gasteiger charge is -2.23. The fourth-order valence-corrected chi connectivity index (χ4v) is 3.35. The lowest BCUT2D eigenvalue weighted by Crippen LogP contribution is -2.55. The van der Waals surface area contributed by atoms with E-state index in [4.69, 9.17) is 16.9 Å². The number of hydrogen-bond donors (Lipinski definition) is 8. The summed E-state index contributed by atoms with van der Waals surface area (Å²) in [5.41, 5.74) is 12.6. The number of aromatic hydroxyl groups is 1. The van der Waals surface area contributed by atoms with E-state index in [0.29, 0.717) is 18.5 Å². The molecule has 10 N–H and O–H groups in total. The highest BCUT2D eigenvalue weighted by Crippen LogP contribution is 2.12. The number of nitrogens with one attached hydrogen (secondary N) is 4. The second-order valence-corrected chi connectivity index (χ2v) is 8.11. The number of aliphatic carboxylic acids is 1. The Balaban J connectivity index is 2.10. The van der Waals surface area contributed by atoms with Crippen LogP contribution in [0, 0.1) is 5.41 Å². The van der Waals surface area contributed by atoms with E-state index in [1.165, 1.54) is 12.1 Å². The van der Waals surface area contributed by atoms with Crippen LogP contribution < -0.4 is 27.4 Å². The third kappa shape index (κ3) is 9.72. The summed E-state index contributed by atoms with van der Waals surface area (Å²) in [5, 5.41) is 34.0. The number of carboxylic acids is 1. The quantitative estimate of drug-likeness (QED) is 0.109. The summed E-state index contributed by atoms with van der Waals surface area (Å²) in [4.78, 5) is 37.6. The number of amides is 2. The summed E-state index contributed by atoms with van der Waals surface area (Å²) in [5.74, 6) is -2.57. The van der Waals surface area contributed by atoms with Crippen molar-refractivity contribution in [3.63, 3.8) is 0 Å². The Morgan fingerprint density at radius 2 is 1.46 bits per heavy atom. The summed E-state index contributed by atoms with van der Waals surface area (Å²) in [6, 6.07) is 11.8. The molecule has 0 fully saturated rings. The van der Waals surface area contributed by atoms with Gasteiger partial charge in [0.25, 0.3) is 0 Å². The second-order valence-electron chi connectivity index (χ2n) is 8.11. The zero-order chi connectivity index (χ0) is 25.8. The molecule has 0 saturated carbocycles. The first kappa shape index (κ1) is 27.1. The zero-order valence-electron chi connectivity index (χ0n) is 19.2. The number of carbonyl (C=O) groups excluding carboxylic acids is 2. The first-order valence-electron chi connectivity index (χ1n) is 11.1. The molecule has 0 aliphatic heterocycles. The predicted octanol–water partition coefficient (Wildman–Crippen LogP) is -0.178. The van der Waals surface area contributed by atoms with Crippen molar-refractivity contribution in [2.75, 3.05) is 6.54 Å². The van der Waals surface area contributed by atoms with Gasteiger partial charge in [0.15, 0.2) is 5.96 Å². The predicted molar refractivity (Wildman–Crippen MR) is 131 cm³/mol. The largest absolute Gasteiger partial charge is 0.508 e. The molecule has 0 radical (unpaired) electrons. The number of phenols is 1. The minimum Gasteiger partial charge on any atom is -0.508 e. The summed E-state index contributed by atoms with van der Waals surface area (Å²) >= 11 is 0. The maximum atomic E-state index is 13.1. The van der Waals surface area contributed by atoms with Crippen molar-refractivity contribution in [1.29, 1.82) is 5.41 Å². The number of guanidine groups is 1. The smallest absolute Gasteiger partial charge is 0.326 e. The molecule has 2 aromatic carbocycles. The molecule has 0 aromatic heterocycles. The third-order valence-corrected chi connectivity index (χ3v) is 5.25. The fraction of sp³-hybridized carbons (Fsp3) is 0.333. The van der Waals surface area contributed by atoms with Crippen LogP contribution in [0.3, 0.4) is 0 Å². The number of carbonyl (C=O) groups is 3. The van der Waals surface area contributed by atoms with Gasteiger partial charge in [-0.2, -0.15) is 0 Å². The van der Waals surface area contributed by atoms with Gasteiger partial charge in [0.2, 0.25) is 11.8 Å². The van der Waals surface area contributed by atoms with Crippen molar-refractivity contribution in [2.45, 2.75) is 43.8 Å². The average molecular weight is 485 g/mol. The number of hydrogen-bond acceptors (Lipinski definition) is 6. The van der Waals surface area contributed by atoms with Crippen LogP contribution in [0.4, 0.5) is 0 Å². The molecule has 3 atom stereocenters. The van der Waals surface area contributed by atoms with Crippen LogP contribution in [0.5, 0.6) is 5.75 Å². The first-order valence-corrected chi connectivity index (χ1v) is 11.1. The van der Waals surface area contributed by atoms with Crippen molar-refractivity contribution in [2.24, 2.45) is 11.5 Å². The number of nitrogens with two attached hydrogens (primary N) is 2. The monoisotopic (exact) mass is 484 g/mol. The molecule has 0 aliphatic carbocycles. The van der Waals surface area contributed by atoms with Gasteiger partial charge in [-0.15, -0.1) is 0 Å². The Morgan fingerprint density at radius 1 is 0.886 bits per heavy atom. The Labute approximate surface area is 203 Å². The van der Waals surface area contributed by atoms with Crippen LogP contribution in [0.25, 0.3) is 0 Å². The van der Waals surface area contributed by atoms with Gasteiger partial charge in [-0.25, -0.2) is 4.79 Å². The molecule has 188 valence electrons. The summed E-state index contributed by atoms with van der Waals surface area (Å²) in [6.07, 6.45) is 0.894. The molecule has 0 aliphatic rings. The molecule has 0 spiro atoms. The Kier molecular flexibility index (Phi) is 10.5. The van der Waals surface area contributed by atoms with Gasteiger partial charge >= 0.3 is 5.97 Å². The number of carboxylic acid groups (broad SMARTS) is 1. The van der Waals surface area contributed by atoms with Crippen LogP contribution in [0.1, 0.15) is 24.0 Å². The van der Waals surface area contributed by atoms with Crippen LogP contribution in [-0.2, 0) is 27.2 Å². The molecule has 2 aromatic rings. The minimum atomic E-state index is -1.20. The summed E-state index contributed by atoms with van der Waals surface area (Å²) < 4.78 is 0. The Hall–Kier alpha value is -4.12. The molecule has 2 amide bonds. The molecule has 0 heterocycles. The highest BCUT2D eigenvalue weighted by molar-refractivity contribution is 5.92. The van der Waals surface area contributed by atoms with Crippen LogP contribution in [0.15, 0.2) is 54.6 Å². The van der Waals surface area contributed by atoms with Crippen LogP contribution >= 0.6 is 0 Å². The topological polar surface area (TPSA) is 204 Å². The van der Waals surface area contributed by atoms with Crippen molar-refractivity contribution >= 4 is 23.7 Å². The van der Waals surface area contributed by atoms with Crippen molar-refractivity contribution < 1.29 is 24.6 Å². The van der Waals surface area contributed by atoms with E-state index in [2.05, 4.69) is 16.0 Å². The Bertz CT molecular complexity index is 999. The van der Waals surface area contributed by atoms with E-state index in [-0.39, 0.29) is 31.0 Å². The van der Waals surface area contributed by atoms with E-state index in [0.717, 1.165) is 5.56 Å². The first-order chi connectivity index (χ1) is 16.7. The molecule has 35 heavy (non-hydrogen) atoms. The lowest BCUT2D eigenvalue weighted by atomic mass is 10.0. The van der Waals surface area contributed by atoms with Crippen molar-refractivity contribution in [3.8, 4) is 5.75 Å². The van der Waals surface area contributed by atoms with E-state index in [1.54, 1.807) is 42.5 Å². The van der Waals surface area contributed by atoms with Gasteiger partial charge in [-0.3, -0.25) is 15.0 Å². The SMILES string of the molecule is N=C(N)NCCC[C@H](N)C(=O)N[C@@H](Cc1ccc(O)cc1)C(=O)N[C@@H](Cc1ccccc1)C(=O)O. The van der Waals surface area contributed by atoms with Crippen molar-refractivity contribution in [3.05, 3.63) is 65.7 Å². The highest BCUT2D eigenvalue weighted by atomic mass is 16.4. The molecular formula is C24H32N6O5. The van der Waals surface area contributed by atoms with E-state index in [1.807, 2.05) is 0 Å². The van der Waals surface area contributed by atoms with E-state index in [9.17, 15) is 24.6 Å². The average Bonchev–Trinajstić information content (AvgIpc) is 2.82. The summed E-state index contributed by atoms with van der Waals surface area (Å²) in [7, 11) is 0. The Morgan fingerprint density at radius 3 is 2.06 bits per heavy atom. The molecule has 0 unspecified atom stereocenters. The van der Waals surface area contributed by atoms with E-state index >= 15 is 0 Å². The standard InChI is InChI=1S/C24H32N6O5/c25-18(7-4-12-28-24(26)27)21(32)29-19(13-16-8-10-17(31)11-9-16)22(33)30-20(23(34)35)14-15-5-2-1-3-6-15/h1-3,5-6,8-11,18-20,31H,4,7,12-14,25H2,(H,29,32)(H,30,33)(H,34,35)(H4,26,27,28)/t18-,19-,20-/m0/s1. The second kappa shape index (κ2) is 13.6. The molecule has 0 bridgehead atoms. The summed E-state index contributed by atoms with van der Waals surface area (Å²) in [6.45, 7) is 0.369. The minimum absolute atomic E-state index is 0.0498. The normalized spacial score (nSPS) is 13.2. The van der Waals surface area contributed by atoms with Gasteiger partial charge in [0.05, 0.1) is 6.04 Å². The number of rotatable bonds is 13.